The van der Waals surface area contributed by atoms with Gasteiger partial charge in [0, 0.05) is 17.5 Å². The molecule has 0 bridgehead atoms. The van der Waals surface area contributed by atoms with Gasteiger partial charge in [0.25, 0.3) is 0 Å². The lowest BCUT2D eigenvalue weighted by atomic mass is 9.86. The SMILES string of the molecule is O=C(O)C1CCC(Nc2nnc(Cc3ccc(Cl)cc3)s2)CC1. The van der Waals surface area contributed by atoms with Gasteiger partial charge in [-0.25, -0.2) is 0 Å². The molecule has 1 fully saturated rings. The van der Waals surface area contributed by atoms with Gasteiger partial charge in [-0.1, -0.05) is 35.1 Å². The number of anilines is 1. The van der Waals surface area contributed by atoms with Crippen LogP contribution in [-0.4, -0.2) is 27.3 Å². The molecule has 3 rings (SSSR count). The summed E-state index contributed by atoms with van der Waals surface area (Å²) < 4.78 is 0. The minimum Gasteiger partial charge on any atom is -0.481 e. The number of carboxylic acids is 1. The van der Waals surface area contributed by atoms with Crippen LogP contribution in [0.4, 0.5) is 5.13 Å². The first-order chi connectivity index (χ1) is 11.1. The van der Waals surface area contributed by atoms with Gasteiger partial charge in [0.1, 0.15) is 5.01 Å². The average Bonchev–Trinajstić information content (AvgIpc) is 2.97. The molecule has 1 saturated carbocycles. The minimum atomic E-state index is -0.676. The number of nitrogens with one attached hydrogen (secondary N) is 1. The molecule has 122 valence electrons. The predicted octanol–water partition coefficient (Wildman–Crippen LogP) is 3.84. The van der Waals surface area contributed by atoms with Gasteiger partial charge >= 0.3 is 5.97 Å². The molecular weight excluding hydrogens is 334 g/mol. The van der Waals surface area contributed by atoms with E-state index in [9.17, 15) is 4.79 Å². The van der Waals surface area contributed by atoms with E-state index in [1.54, 1.807) is 11.3 Å². The van der Waals surface area contributed by atoms with Crippen LogP contribution in [0.3, 0.4) is 0 Å². The quantitative estimate of drug-likeness (QED) is 0.856. The molecule has 0 atom stereocenters. The Bertz CT molecular complexity index is 666. The number of benzene rings is 1. The molecular formula is C16H18ClN3O2S. The highest BCUT2D eigenvalue weighted by Gasteiger charge is 2.26. The lowest BCUT2D eigenvalue weighted by molar-refractivity contribution is -0.142. The van der Waals surface area contributed by atoms with Crippen molar-refractivity contribution >= 4 is 34.0 Å². The number of carboxylic acid groups (broad SMARTS) is 1. The van der Waals surface area contributed by atoms with Crippen LogP contribution in [0.5, 0.6) is 0 Å². The van der Waals surface area contributed by atoms with E-state index >= 15 is 0 Å². The Hall–Kier alpha value is -1.66. The summed E-state index contributed by atoms with van der Waals surface area (Å²) in [5, 5.41) is 23.3. The fourth-order valence-corrected chi connectivity index (χ4v) is 3.80. The van der Waals surface area contributed by atoms with Crippen molar-refractivity contribution < 1.29 is 9.90 Å². The first kappa shape index (κ1) is 16.2. The maximum Gasteiger partial charge on any atom is 0.306 e. The van der Waals surface area contributed by atoms with E-state index in [0.717, 1.165) is 52.8 Å². The summed E-state index contributed by atoms with van der Waals surface area (Å²) in [4.78, 5) is 11.0. The first-order valence-electron chi connectivity index (χ1n) is 7.66. The summed E-state index contributed by atoms with van der Waals surface area (Å²) in [6.07, 6.45) is 3.92. The largest absolute Gasteiger partial charge is 0.481 e. The Labute approximate surface area is 143 Å². The summed E-state index contributed by atoms with van der Waals surface area (Å²) in [5.74, 6) is -0.868. The molecule has 0 saturated heterocycles. The van der Waals surface area contributed by atoms with Gasteiger partial charge in [-0.05, 0) is 43.4 Å². The van der Waals surface area contributed by atoms with Gasteiger partial charge in [-0.15, -0.1) is 10.2 Å². The topological polar surface area (TPSA) is 75.1 Å². The van der Waals surface area contributed by atoms with E-state index in [0.29, 0.717) is 6.04 Å². The normalized spacial score (nSPS) is 21.1. The van der Waals surface area contributed by atoms with Crippen molar-refractivity contribution in [3.05, 3.63) is 39.9 Å². The van der Waals surface area contributed by atoms with Gasteiger partial charge in [-0.2, -0.15) is 0 Å². The summed E-state index contributed by atoms with van der Waals surface area (Å²) in [5.41, 5.74) is 1.15. The van der Waals surface area contributed by atoms with Crippen molar-refractivity contribution in [2.75, 3.05) is 5.32 Å². The smallest absolute Gasteiger partial charge is 0.306 e. The summed E-state index contributed by atoms with van der Waals surface area (Å²) in [6, 6.07) is 8.02. The molecule has 0 aliphatic heterocycles. The number of rotatable bonds is 5. The molecule has 1 aromatic heterocycles. The third-order valence-corrected chi connectivity index (χ3v) is 5.25. The number of nitrogens with zero attached hydrogens (tertiary/aromatic N) is 2. The molecule has 1 aliphatic rings. The van der Waals surface area contributed by atoms with E-state index in [2.05, 4.69) is 15.5 Å². The summed E-state index contributed by atoms with van der Waals surface area (Å²) >= 11 is 7.43. The molecule has 1 aromatic carbocycles. The van der Waals surface area contributed by atoms with E-state index < -0.39 is 5.97 Å². The second kappa shape index (κ2) is 7.27. The standard InChI is InChI=1S/C16H18ClN3O2S/c17-12-5-1-10(2-6-12)9-14-19-20-16(23-14)18-13-7-3-11(4-8-13)15(21)22/h1-2,5-6,11,13H,3-4,7-9H2,(H,18,20)(H,21,22). The molecule has 0 spiro atoms. The van der Waals surface area contributed by atoms with E-state index in [1.807, 2.05) is 24.3 Å². The zero-order valence-electron chi connectivity index (χ0n) is 12.5. The highest BCUT2D eigenvalue weighted by Crippen LogP contribution is 2.28. The molecule has 1 heterocycles. The molecule has 1 aliphatic carbocycles. The van der Waals surface area contributed by atoms with Crippen molar-refractivity contribution in [2.45, 2.75) is 38.1 Å². The van der Waals surface area contributed by atoms with E-state index in [-0.39, 0.29) is 5.92 Å². The number of hydrogen-bond acceptors (Lipinski definition) is 5. The van der Waals surface area contributed by atoms with Gasteiger partial charge in [-0.3, -0.25) is 4.79 Å². The van der Waals surface area contributed by atoms with Crippen LogP contribution in [-0.2, 0) is 11.2 Å². The molecule has 2 aromatic rings. The van der Waals surface area contributed by atoms with Crippen LogP contribution in [0.1, 0.15) is 36.3 Å². The van der Waals surface area contributed by atoms with Gasteiger partial charge in [0.15, 0.2) is 0 Å². The van der Waals surface area contributed by atoms with Crippen molar-refractivity contribution in [3.63, 3.8) is 0 Å². The Balaban J connectivity index is 1.53. The molecule has 23 heavy (non-hydrogen) atoms. The van der Waals surface area contributed by atoms with Crippen LogP contribution < -0.4 is 5.32 Å². The van der Waals surface area contributed by atoms with Crippen molar-refractivity contribution in [1.29, 1.82) is 0 Å². The molecule has 2 N–H and O–H groups in total. The zero-order chi connectivity index (χ0) is 16.2. The number of hydrogen-bond donors (Lipinski definition) is 2. The Morgan fingerprint density at radius 1 is 1.22 bits per heavy atom. The number of aliphatic carboxylic acids is 1. The molecule has 7 heteroatoms. The Morgan fingerprint density at radius 3 is 2.57 bits per heavy atom. The fourth-order valence-electron chi connectivity index (χ4n) is 2.82. The van der Waals surface area contributed by atoms with Crippen LogP contribution in [0.2, 0.25) is 5.02 Å². The van der Waals surface area contributed by atoms with Gasteiger partial charge in [0.2, 0.25) is 5.13 Å². The fraction of sp³-hybridized carbons (Fsp3) is 0.438. The lowest BCUT2D eigenvalue weighted by Crippen LogP contribution is -2.29. The number of carbonyl (C=O) groups is 1. The van der Waals surface area contributed by atoms with Crippen LogP contribution in [0.15, 0.2) is 24.3 Å². The maximum absolute atomic E-state index is 11.0. The van der Waals surface area contributed by atoms with E-state index in [1.165, 1.54) is 0 Å². The lowest BCUT2D eigenvalue weighted by Gasteiger charge is -2.26. The highest BCUT2D eigenvalue weighted by atomic mass is 35.5. The summed E-state index contributed by atoms with van der Waals surface area (Å²) in [6.45, 7) is 0. The highest BCUT2D eigenvalue weighted by molar-refractivity contribution is 7.15. The van der Waals surface area contributed by atoms with Crippen LogP contribution in [0.25, 0.3) is 0 Å². The van der Waals surface area contributed by atoms with Crippen molar-refractivity contribution in [1.82, 2.24) is 10.2 Å². The number of aromatic nitrogens is 2. The van der Waals surface area contributed by atoms with Crippen molar-refractivity contribution in [2.24, 2.45) is 5.92 Å². The predicted molar refractivity (Wildman–Crippen MR) is 91.2 cm³/mol. The summed E-state index contributed by atoms with van der Waals surface area (Å²) in [7, 11) is 0. The van der Waals surface area contributed by atoms with Crippen LogP contribution >= 0.6 is 22.9 Å². The third kappa shape index (κ3) is 4.42. The molecule has 0 radical (unpaired) electrons. The Kier molecular flexibility index (Phi) is 5.13. The Morgan fingerprint density at radius 2 is 1.91 bits per heavy atom. The van der Waals surface area contributed by atoms with Gasteiger partial charge in [0.05, 0.1) is 5.92 Å². The third-order valence-electron chi connectivity index (χ3n) is 4.14. The van der Waals surface area contributed by atoms with Gasteiger partial charge < -0.3 is 10.4 Å². The molecule has 5 nitrogen and oxygen atoms in total. The maximum atomic E-state index is 11.0. The number of halogens is 1. The van der Waals surface area contributed by atoms with Crippen molar-refractivity contribution in [3.8, 4) is 0 Å². The second-order valence-electron chi connectivity index (χ2n) is 5.84. The van der Waals surface area contributed by atoms with E-state index in [4.69, 9.17) is 16.7 Å². The molecule has 0 amide bonds. The zero-order valence-corrected chi connectivity index (χ0v) is 14.1. The first-order valence-corrected chi connectivity index (χ1v) is 8.86. The molecule has 0 unspecified atom stereocenters. The second-order valence-corrected chi connectivity index (χ2v) is 7.33. The van der Waals surface area contributed by atoms with Crippen LogP contribution in [0, 0.1) is 5.92 Å². The average molecular weight is 352 g/mol. The monoisotopic (exact) mass is 351 g/mol. The minimum absolute atomic E-state index is 0.192.